The van der Waals surface area contributed by atoms with Gasteiger partial charge in [-0.1, -0.05) is 18.2 Å². The molecule has 2 N–H and O–H groups in total. The number of hydrogen-bond acceptors (Lipinski definition) is 5. The summed E-state index contributed by atoms with van der Waals surface area (Å²) in [6.07, 6.45) is 3.30. The maximum atomic E-state index is 14.1. The van der Waals surface area contributed by atoms with Crippen LogP contribution in [0.2, 0.25) is 0 Å². The molecule has 0 aliphatic heterocycles. The minimum Gasteiger partial charge on any atom is -0.380 e. The molecule has 7 nitrogen and oxygen atoms in total. The van der Waals surface area contributed by atoms with Crippen molar-refractivity contribution in [2.75, 3.05) is 7.11 Å². The molecular formula is C23H20FN3O4S. The monoisotopic (exact) mass is 453 g/mol. The van der Waals surface area contributed by atoms with E-state index in [1.54, 1.807) is 36.7 Å². The predicted molar refractivity (Wildman–Crippen MR) is 116 cm³/mol. The SMILES string of the molecule is COCc1ccc(S(=O)(=O)c2ccc(CNC(=O)c3cc4cnccc4[nH]3)cc2)cc1F. The van der Waals surface area contributed by atoms with E-state index in [1.807, 2.05) is 0 Å². The van der Waals surface area contributed by atoms with Crippen LogP contribution < -0.4 is 5.32 Å². The number of aromatic nitrogens is 2. The second-order valence-electron chi connectivity index (χ2n) is 7.16. The van der Waals surface area contributed by atoms with Gasteiger partial charge in [0, 0.05) is 42.5 Å². The smallest absolute Gasteiger partial charge is 0.267 e. The van der Waals surface area contributed by atoms with E-state index < -0.39 is 15.7 Å². The maximum Gasteiger partial charge on any atom is 0.267 e. The fraction of sp³-hybridized carbons (Fsp3) is 0.130. The standard InChI is InChI=1S/C23H20FN3O4S/c1-31-14-16-4-7-19(11-20(16)24)32(29,30)18-5-2-15(3-6-18)12-26-23(28)22-10-17-13-25-9-8-21(17)27-22/h2-11,13,27H,12,14H2,1H3,(H,26,28). The highest BCUT2D eigenvalue weighted by Crippen LogP contribution is 2.23. The van der Waals surface area contributed by atoms with Gasteiger partial charge in [-0.3, -0.25) is 9.78 Å². The van der Waals surface area contributed by atoms with E-state index in [0.29, 0.717) is 5.69 Å². The number of pyridine rings is 1. The van der Waals surface area contributed by atoms with Gasteiger partial charge in [-0.05, 0) is 42.0 Å². The molecule has 0 spiro atoms. The number of hydrogen-bond donors (Lipinski definition) is 2. The van der Waals surface area contributed by atoms with Crippen LogP contribution in [0, 0.1) is 5.82 Å². The van der Waals surface area contributed by atoms with Gasteiger partial charge in [0.15, 0.2) is 0 Å². The molecule has 164 valence electrons. The zero-order chi connectivity index (χ0) is 22.7. The summed E-state index contributed by atoms with van der Waals surface area (Å²) >= 11 is 0. The Labute approximate surface area is 184 Å². The highest BCUT2D eigenvalue weighted by atomic mass is 32.2. The normalized spacial score (nSPS) is 11.6. The molecule has 0 radical (unpaired) electrons. The number of benzene rings is 2. The van der Waals surface area contributed by atoms with Crippen molar-refractivity contribution in [2.45, 2.75) is 22.9 Å². The molecule has 0 saturated carbocycles. The first-order valence-electron chi connectivity index (χ1n) is 9.71. The van der Waals surface area contributed by atoms with Gasteiger partial charge in [-0.2, -0.15) is 0 Å². The summed E-state index contributed by atoms with van der Waals surface area (Å²) in [7, 11) is -2.44. The molecule has 4 aromatic rings. The molecule has 0 bridgehead atoms. The Hall–Kier alpha value is -3.56. The van der Waals surface area contributed by atoms with Crippen molar-refractivity contribution in [3.05, 3.63) is 89.6 Å². The van der Waals surface area contributed by atoms with Crippen LogP contribution in [0.3, 0.4) is 0 Å². The highest BCUT2D eigenvalue weighted by molar-refractivity contribution is 7.91. The minimum absolute atomic E-state index is 0.0367. The highest BCUT2D eigenvalue weighted by Gasteiger charge is 2.19. The summed E-state index contributed by atoms with van der Waals surface area (Å²) in [6, 6.07) is 13.3. The van der Waals surface area contributed by atoms with Crippen LogP contribution in [0.1, 0.15) is 21.6 Å². The molecule has 4 rings (SSSR count). The molecule has 2 aromatic carbocycles. The van der Waals surface area contributed by atoms with Crippen LogP contribution in [0.25, 0.3) is 10.9 Å². The van der Waals surface area contributed by atoms with Crippen LogP contribution in [0.5, 0.6) is 0 Å². The second-order valence-corrected chi connectivity index (χ2v) is 9.11. The minimum atomic E-state index is -3.88. The van der Waals surface area contributed by atoms with Crippen molar-refractivity contribution in [1.82, 2.24) is 15.3 Å². The van der Waals surface area contributed by atoms with Gasteiger partial charge >= 0.3 is 0 Å². The molecule has 32 heavy (non-hydrogen) atoms. The summed E-state index contributed by atoms with van der Waals surface area (Å²) in [6.45, 7) is 0.273. The first-order chi connectivity index (χ1) is 15.4. The van der Waals surface area contributed by atoms with Gasteiger partial charge in [-0.25, -0.2) is 12.8 Å². The van der Waals surface area contributed by atoms with E-state index in [-0.39, 0.29) is 34.4 Å². The van der Waals surface area contributed by atoms with E-state index >= 15 is 0 Å². The second kappa shape index (κ2) is 8.89. The fourth-order valence-electron chi connectivity index (χ4n) is 3.26. The summed E-state index contributed by atoms with van der Waals surface area (Å²) in [5, 5.41) is 3.62. The first-order valence-corrected chi connectivity index (χ1v) is 11.2. The van der Waals surface area contributed by atoms with E-state index in [4.69, 9.17) is 4.74 Å². The number of sulfone groups is 1. The summed E-state index contributed by atoms with van der Waals surface area (Å²) < 4.78 is 44.7. The number of rotatable bonds is 7. The van der Waals surface area contributed by atoms with Gasteiger partial charge in [-0.15, -0.1) is 0 Å². The van der Waals surface area contributed by atoms with Crippen LogP contribution in [0.4, 0.5) is 4.39 Å². The lowest BCUT2D eigenvalue weighted by Crippen LogP contribution is -2.23. The Balaban J connectivity index is 1.45. The van der Waals surface area contributed by atoms with Crippen molar-refractivity contribution >= 4 is 26.6 Å². The predicted octanol–water partition coefficient (Wildman–Crippen LogP) is 3.61. The van der Waals surface area contributed by atoms with E-state index in [9.17, 15) is 17.6 Å². The zero-order valence-corrected chi connectivity index (χ0v) is 17.9. The molecule has 0 atom stereocenters. The topological polar surface area (TPSA) is 101 Å². The Bertz CT molecular complexity index is 1350. The van der Waals surface area contributed by atoms with Crippen LogP contribution >= 0.6 is 0 Å². The van der Waals surface area contributed by atoms with E-state index in [2.05, 4.69) is 15.3 Å². The van der Waals surface area contributed by atoms with Crippen molar-refractivity contribution in [1.29, 1.82) is 0 Å². The summed E-state index contributed by atoms with van der Waals surface area (Å²) in [5.41, 5.74) is 2.22. The number of amides is 1. The summed E-state index contributed by atoms with van der Waals surface area (Å²) in [5.74, 6) is -0.926. The molecule has 0 aliphatic rings. The van der Waals surface area contributed by atoms with Crippen molar-refractivity contribution in [3.8, 4) is 0 Å². The number of methoxy groups -OCH3 is 1. The molecule has 2 aromatic heterocycles. The number of halogens is 1. The maximum absolute atomic E-state index is 14.1. The average Bonchev–Trinajstić information content (AvgIpc) is 3.23. The Morgan fingerprint density at radius 2 is 1.84 bits per heavy atom. The van der Waals surface area contributed by atoms with Gasteiger partial charge in [0.1, 0.15) is 11.5 Å². The quantitative estimate of drug-likeness (QED) is 0.445. The number of fused-ring (bicyclic) bond motifs is 1. The number of ether oxygens (including phenoxy) is 1. The van der Waals surface area contributed by atoms with Gasteiger partial charge in [0.2, 0.25) is 9.84 Å². The number of nitrogens with zero attached hydrogens (tertiary/aromatic N) is 1. The van der Waals surface area contributed by atoms with Crippen molar-refractivity contribution in [2.24, 2.45) is 0 Å². The van der Waals surface area contributed by atoms with Crippen LogP contribution in [-0.2, 0) is 27.7 Å². The third-order valence-electron chi connectivity index (χ3n) is 4.99. The molecule has 0 fully saturated rings. The molecule has 0 saturated heterocycles. The van der Waals surface area contributed by atoms with E-state index in [1.165, 1.54) is 31.4 Å². The third-order valence-corrected chi connectivity index (χ3v) is 6.75. The van der Waals surface area contributed by atoms with Crippen molar-refractivity contribution < 1.29 is 22.3 Å². The summed E-state index contributed by atoms with van der Waals surface area (Å²) in [4.78, 5) is 19.3. The number of H-pyrrole nitrogens is 1. The zero-order valence-electron chi connectivity index (χ0n) is 17.1. The lowest BCUT2D eigenvalue weighted by Gasteiger charge is -2.09. The fourth-order valence-corrected chi connectivity index (χ4v) is 4.53. The first kappa shape index (κ1) is 21.7. The number of aromatic amines is 1. The van der Waals surface area contributed by atoms with Crippen molar-refractivity contribution in [3.63, 3.8) is 0 Å². The molecule has 9 heteroatoms. The lowest BCUT2D eigenvalue weighted by atomic mass is 10.2. The number of carbonyl (C=O) groups is 1. The van der Waals surface area contributed by atoms with Crippen LogP contribution in [-0.4, -0.2) is 31.4 Å². The van der Waals surface area contributed by atoms with Gasteiger partial charge in [0.25, 0.3) is 5.91 Å². The Morgan fingerprint density at radius 3 is 2.53 bits per heavy atom. The van der Waals surface area contributed by atoms with Gasteiger partial charge < -0.3 is 15.0 Å². The lowest BCUT2D eigenvalue weighted by molar-refractivity contribution is 0.0946. The molecule has 1 amide bonds. The van der Waals surface area contributed by atoms with Crippen LogP contribution in [0.15, 0.2) is 76.8 Å². The molecule has 2 heterocycles. The molecular weight excluding hydrogens is 433 g/mol. The Kier molecular flexibility index (Phi) is 6.02. The van der Waals surface area contributed by atoms with E-state index in [0.717, 1.165) is 22.5 Å². The largest absolute Gasteiger partial charge is 0.380 e. The Morgan fingerprint density at radius 1 is 1.09 bits per heavy atom. The average molecular weight is 453 g/mol. The number of nitrogens with one attached hydrogen (secondary N) is 2. The molecule has 0 aliphatic carbocycles. The van der Waals surface area contributed by atoms with Gasteiger partial charge in [0.05, 0.1) is 16.4 Å². The third kappa shape index (κ3) is 4.39. The molecule has 0 unspecified atom stereocenters. The number of carbonyl (C=O) groups excluding carboxylic acids is 1.